The first kappa shape index (κ1) is 9.95. The van der Waals surface area contributed by atoms with Crippen LogP contribution in [0.25, 0.3) is 0 Å². The average molecular weight is 154 g/mol. The molecule has 0 aromatic carbocycles. The molecule has 1 atom stereocenters. The average Bonchev–Trinajstić information content (AvgIpc) is 1.86. The van der Waals surface area contributed by atoms with Crippen LogP contribution < -0.4 is 0 Å². The summed E-state index contributed by atoms with van der Waals surface area (Å²) >= 11 is 0. The maximum Gasteiger partial charge on any atom is 0.313 e. The van der Waals surface area contributed by atoms with Crippen molar-refractivity contribution in [2.24, 2.45) is 5.41 Å². The molecule has 0 bridgehead atoms. The van der Waals surface area contributed by atoms with Crippen LogP contribution in [0.3, 0.4) is 0 Å². The van der Waals surface area contributed by atoms with Gasteiger partial charge in [0.1, 0.15) is 0 Å². The first-order chi connectivity index (χ1) is 4.92. The van der Waals surface area contributed by atoms with Gasteiger partial charge in [-0.3, -0.25) is 4.79 Å². The molecular weight excluding hydrogens is 140 g/mol. The minimum absolute atomic E-state index is 0.450. The third kappa shape index (κ3) is 2.58. The highest BCUT2D eigenvalue weighted by Gasteiger charge is 2.28. The molecule has 2 nitrogen and oxygen atoms in total. The van der Waals surface area contributed by atoms with Gasteiger partial charge in [-0.1, -0.05) is 11.6 Å². The molecule has 0 aromatic rings. The number of rotatable bonds is 4. The van der Waals surface area contributed by atoms with Crippen molar-refractivity contribution in [3.63, 3.8) is 0 Å². The molecule has 11 heavy (non-hydrogen) atoms. The number of allylic oxidation sites excluding steroid dienone is 1. The quantitative estimate of drug-likeness (QED) is 0.630. The van der Waals surface area contributed by atoms with Crippen molar-refractivity contribution in [1.82, 2.24) is 0 Å². The maximum atomic E-state index is 10.7. The molecular formula is C9H14O2. The van der Waals surface area contributed by atoms with E-state index in [0.717, 1.165) is 5.57 Å². The molecule has 62 valence electrons. The van der Waals surface area contributed by atoms with E-state index in [2.05, 4.69) is 13.2 Å². The summed E-state index contributed by atoms with van der Waals surface area (Å²) in [7, 11) is 0. The van der Waals surface area contributed by atoms with Crippen molar-refractivity contribution in [3.05, 3.63) is 24.8 Å². The topological polar surface area (TPSA) is 37.3 Å². The van der Waals surface area contributed by atoms with Gasteiger partial charge in [0.25, 0.3) is 0 Å². The van der Waals surface area contributed by atoms with Gasteiger partial charge in [0.15, 0.2) is 0 Å². The Kier molecular flexibility index (Phi) is 3.05. The van der Waals surface area contributed by atoms with Crippen LogP contribution in [0.5, 0.6) is 0 Å². The summed E-state index contributed by atoms with van der Waals surface area (Å²) in [5, 5.41) is 8.77. The number of hydrogen-bond acceptors (Lipinski definition) is 1. The van der Waals surface area contributed by atoms with Gasteiger partial charge >= 0.3 is 5.97 Å². The summed E-state index contributed by atoms with van der Waals surface area (Å²) in [5.41, 5.74) is 0.000972. The van der Waals surface area contributed by atoms with E-state index in [1.807, 2.05) is 6.92 Å². The Bertz CT molecular complexity index is 194. The second-order valence-corrected chi connectivity index (χ2v) is 3.06. The zero-order valence-corrected chi connectivity index (χ0v) is 7.05. The van der Waals surface area contributed by atoms with E-state index in [1.54, 1.807) is 6.92 Å². The minimum Gasteiger partial charge on any atom is -0.481 e. The summed E-state index contributed by atoms with van der Waals surface area (Å²) in [6.07, 6.45) is 1.90. The van der Waals surface area contributed by atoms with Crippen LogP contribution in [0, 0.1) is 5.41 Å². The van der Waals surface area contributed by atoms with E-state index in [4.69, 9.17) is 5.11 Å². The molecule has 0 saturated heterocycles. The largest absolute Gasteiger partial charge is 0.481 e. The van der Waals surface area contributed by atoms with Crippen molar-refractivity contribution in [1.29, 1.82) is 0 Å². The summed E-state index contributed by atoms with van der Waals surface area (Å²) in [6.45, 7) is 10.6. The fourth-order valence-electron chi connectivity index (χ4n) is 0.862. The van der Waals surface area contributed by atoms with Crippen LogP contribution in [0.4, 0.5) is 0 Å². The zero-order valence-electron chi connectivity index (χ0n) is 7.05. The maximum absolute atomic E-state index is 10.7. The van der Waals surface area contributed by atoms with E-state index < -0.39 is 11.4 Å². The standard InChI is InChI=1S/C9H14O2/c1-5-9(4,8(10)11)6-7(2)3/h5H,1-2,6H2,3-4H3,(H,10,11). The van der Waals surface area contributed by atoms with Crippen LogP contribution in [0.15, 0.2) is 24.8 Å². The van der Waals surface area contributed by atoms with Crippen molar-refractivity contribution in [2.75, 3.05) is 0 Å². The Morgan fingerprint density at radius 1 is 1.73 bits per heavy atom. The van der Waals surface area contributed by atoms with E-state index >= 15 is 0 Å². The Morgan fingerprint density at radius 3 is 2.27 bits per heavy atom. The van der Waals surface area contributed by atoms with Gasteiger partial charge in [-0.25, -0.2) is 0 Å². The Morgan fingerprint density at radius 2 is 2.18 bits per heavy atom. The first-order valence-electron chi connectivity index (χ1n) is 3.44. The van der Waals surface area contributed by atoms with E-state index in [0.29, 0.717) is 6.42 Å². The molecule has 0 rings (SSSR count). The van der Waals surface area contributed by atoms with Gasteiger partial charge in [0.05, 0.1) is 5.41 Å². The number of hydrogen-bond donors (Lipinski definition) is 1. The van der Waals surface area contributed by atoms with Gasteiger partial charge in [0.2, 0.25) is 0 Å². The second kappa shape index (κ2) is 3.37. The summed E-state index contributed by atoms with van der Waals surface area (Å²) in [5.74, 6) is -0.851. The lowest BCUT2D eigenvalue weighted by atomic mass is 9.84. The SMILES string of the molecule is C=CC(C)(CC(=C)C)C(=O)O. The molecule has 0 fully saturated rings. The van der Waals surface area contributed by atoms with Crippen molar-refractivity contribution >= 4 is 5.97 Å². The molecule has 2 heteroatoms. The predicted molar refractivity (Wildman–Crippen MR) is 45.4 cm³/mol. The monoisotopic (exact) mass is 154 g/mol. The van der Waals surface area contributed by atoms with E-state index in [1.165, 1.54) is 6.08 Å². The van der Waals surface area contributed by atoms with Crippen LogP contribution in [-0.2, 0) is 4.79 Å². The molecule has 0 amide bonds. The van der Waals surface area contributed by atoms with Gasteiger partial charge < -0.3 is 5.11 Å². The van der Waals surface area contributed by atoms with Crippen LogP contribution in [0.2, 0.25) is 0 Å². The molecule has 0 radical (unpaired) electrons. The van der Waals surface area contributed by atoms with Gasteiger partial charge in [-0.2, -0.15) is 0 Å². The lowest BCUT2D eigenvalue weighted by Gasteiger charge is -2.19. The fraction of sp³-hybridized carbons (Fsp3) is 0.444. The molecule has 0 aliphatic heterocycles. The number of carbonyl (C=O) groups is 1. The predicted octanol–water partition coefficient (Wildman–Crippen LogP) is 2.23. The van der Waals surface area contributed by atoms with Crippen molar-refractivity contribution in [2.45, 2.75) is 20.3 Å². The van der Waals surface area contributed by atoms with Crippen LogP contribution in [-0.4, -0.2) is 11.1 Å². The molecule has 0 aromatic heterocycles. The molecule has 0 aliphatic rings. The van der Waals surface area contributed by atoms with Gasteiger partial charge in [0, 0.05) is 0 Å². The number of carboxylic acid groups (broad SMARTS) is 1. The number of aliphatic carboxylic acids is 1. The highest BCUT2D eigenvalue weighted by Crippen LogP contribution is 2.26. The molecule has 1 N–H and O–H groups in total. The zero-order chi connectivity index (χ0) is 9.07. The Balaban J connectivity index is 4.47. The lowest BCUT2D eigenvalue weighted by molar-refractivity contribution is -0.145. The first-order valence-corrected chi connectivity index (χ1v) is 3.44. The molecule has 0 heterocycles. The van der Waals surface area contributed by atoms with E-state index in [-0.39, 0.29) is 0 Å². The normalized spacial score (nSPS) is 15.1. The molecule has 0 aliphatic carbocycles. The molecule has 0 saturated carbocycles. The van der Waals surface area contributed by atoms with Gasteiger partial charge in [-0.05, 0) is 20.3 Å². The van der Waals surface area contributed by atoms with Crippen LogP contribution >= 0.6 is 0 Å². The lowest BCUT2D eigenvalue weighted by Crippen LogP contribution is -2.24. The summed E-state index contributed by atoms with van der Waals surface area (Å²) < 4.78 is 0. The molecule has 1 unspecified atom stereocenters. The Hall–Kier alpha value is -1.05. The minimum atomic E-state index is -0.855. The summed E-state index contributed by atoms with van der Waals surface area (Å²) in [4.78, 5) is 10.7. The number of carboxylic acids is 1. The third-order valence-electron chi connectivity index (χ3n) is 1.61. The van der Waals surface area contributed by atoms with E-state index in [9.17, 15) is 4.79 Å². The fourth-order valence-corrected chi connectivity index (χ4v) is 0.862. The van der Waals surface area contributed by atoms with Gasteiger partial charge in [-0.15, -0.1) is 13.2 Å². The molecule has 0 spiro atoms. The summed E-state index contributed by atoms with van der Waals surface area (Å²) in [6, 6.07) is 0. The third-order valence-corrected chi connectivity index (χ3v) is 1.61. The highest BCUT2D eigenvalue weighted by molar-refractivity contribution is 5.76. The van der Waals surface area contributed by atoms with Crippen LogP contribution in [0.1, 0.15) is 20.3 Å². The second-order valence-electron chi connectivity index (χ2n) is 3.06. The highest BCUT2D eigenvalue weighted by atomic mass is 16.4. The van der Waals surface area contributed by atoms with Crippen molar-refractivity contribution in [3.8, 4) is 0 Å². The Labute approximate surface area is 67.2 Å². The van der Waals surface area contributed by atoms with Crippen molar-refractivity contribution < 1.29 is 9.90 Å². The smallest absolute Gasteiger partial charge is 0.313 e.